The van der Waals surface area contributed by atoms with Gasteiger partial charge < -0.3 is 0 Å². The normalized spacial score (nSPS) is 15.3. The first-order valence-corrected chi connectivity index (χ1v) is 22.8. The standard InChI is InChI=1S/2C13H11NO4.2C7H7.Sn/c2*15-11-6-7-12(16)14(11)10(13(17)18)8-9-4-2-1-3-5-9;2*1-7-5-3-2-4-6-7;/h2*1-7,10H,8H2,(H,17,18);2*2-6H,1H2;/q;;;;+2/p-2. The van der Waals surface area contributed by atoms with E-state index in [1.165, 1.54) is 0 Å². The predicted molar refractivity (Wildman–Crippen MR) is 188 cm³/mol. The summed E-state index contributed by atoms with van der Waals surface area (Å²) in [6.07, 6.45) is 4.33. The van der Waals surface area contributed by atoms with Crippen LogP contribution in [0.25, 0.3) is 0 Å². The van der Waals surface area contributed by atoms with Gasteiger partial charge in [0.1, 0.15) is 0 Å². The summed E-state index contributed by atoms with van der Waals surface area (Å²) in [6, 6.07) is 33.3. The van der Waals surface area contributed by atoms with Crippen molar-refractivity contribution >= 4 is 54.8 Å². The molecule has 0 N–H and O–H groups in total. The second-order valence-corrected chi connectivity index (χ2v) is 20.6. The molecule has 6 rings (SSSR count). The number of hydrogen-bond donors (Lipinski definition) is 0. The average Bonchev–Trinajstić information content (AvgIpc) is 3.65. The van der Waals surface area contributed by atoms with E-state index in [0.717, 1.165) is 45.2 Å². The van der Waals surface area contributed by atoms with Gasteiger partial charge in [0, 0.05) is 0 Å². The Hall–Kier alpha value is -5.62. The zero-order valence-corrected chi connectivity index (χ0v) is 30.4. The van der Waals surface area contributed by atoms with E-state index in [2.05, 4.69) is 0 Å². The van der Waals surface area contributed by atoms with E-state index in [-0.39, 0.29) is 21.7 Å². The number of amides is 4. The topological polar surface area (TPSA) is 127 Å². The van der Waals surface area contributed by atoms with Crippen molar-refractivity contribution in [1.82, 2.24) is 9.80 Å². The summed E-state index contributed by atoms with van der Waals surface area (Å²) < 4.78 is 13.2. The van der Waals surface area contributed by atoms with Crippen LogP contribution in [-0.4, -0.2) is 76.7 Å². The van der Waals surface area contributed by atoms with E-state index in [9.17, 15) is 28.8 Å². The molecule has 4 aromatic carbocycles. The molecule has 10 nitrogen and oxygen atoms in total. The molecular formula is C40H34N2O8Sn. The Morgan fingerprint density at radius 3 is 1.02 bits per heavy atom. The first-order chi connectivity index (χ1) is 24.7. The molecule has 0 radical (unpaired) electrons. The van der Waals surface area contributed by atoms with Crippen molar-refractivity contribution in [2.45, 2.75) is 33.8 Å². The first kappa shape index (κ1) is 35.2. The number of rotatable bonds is 14. The van der Waals surface area contributed by atoms with Crippen LogP contribution in [0.5, 0.6) is 0 Å². The number of carbonyl (C=O) groups excluding carboxylic acids is 6. The summed E-state index contributed by atoms with van der Waals surface area (Å²) in [5.74, 6) is -4.44. The summed E-state index contributed by atoms with van der Waals surface area (Å²) in [4.78, 5) is 82.8. The van der Waals surface area contributed by atoms with Gasteiger partial charge in [0.2, 0.25) is 0 Å². The number of nitrogens with zero attached hydrogens (tertiary/aromatic N) is 2. The summed E-state index contributed by atoms with van der Waals surface area (Å²) >= 11 is -5.28. The van der Waals surface area contributed by atoms with Crippen molar-refractivity contribution in [3.63, 3.8) is 0 Å². The summed E-state index contributed by atoms with van der Waals surface area (Å²) in [5.41, 5.74) is 2.82. The van der Waals surface area contributed by atoms with Gasteiger partial charge in [0.15, 0.2) is 0 Å². The van der Waals surface area contributed by atoms with Crippen LogP contribution in [-0.2, 0) is 56.6 Å². The predicted octanol–water partition coefficient (Wildman–Crippen LogP) is 4.15. The summed E-state index contributed by atoms with van der Waals surface area (Å²) in [7, 11) is 0. The van der Waals surface area contributed by atoms with Crippen molar-refractivity contribution in [3.05, 3.63) is 168 Å². The molecule has 0 fully saturated rings. The molecule has 0 spiro atoms. The third-order valence-corrected chi connectivity index (χ3v) is 17.3. The summed E-state index contributed by atoms with van der Waals surface area (Å²) in [5, 5.41) is 0. The van der Waals surface area contributed by atoms with Crippen molar-refractivity contribution in [2.24, 2.45) is 0 Å². The minimum absolute atomic E-state index is 0.0372. The van der Waals surface area contributed by atoms with Gasteiger partial charge in [-0.3, -0.25) is 0 Å². The van der Waals surface area contributed by atoms with Gasteiger partial charge in [-0.1, -0.05) is 0 Å². The molecule has 0 aromatic heterocycles. The van der Waals surface area contributed by atoms with Crippen molar-refractivity contribution < 1.29 is 34.9 Å². The Kier molecular flexibility index (Phi) is 11.0. The third-order valence-electron chi connectivity index (χ3n) is 8.60. The van der Waals surface area contributed by atoms with Crippen molar-refractivity contribution in [2.75, 3.05) is 0 Å². The fourth-order valence-electron chi connectivity index (χ4n) is 6.22. The van der Waals surface area contributed by atoms with Crippen LogP contribution >= 0.6 is 0 Å². The van der Waals surface area contributed by atoms with Crippen LogP contribution in [0.15, 0.2) is 146 Å². The number of hydrogen-bond acceptors (Lipinski definition) is 8. The number of benzene rings is 4. The van der Waals surface area contributed by atoms with Gasteiger partial charge in [0.25, 0.3) is 0 Å². The monoisotopic (exact) mass is 790 g/mol. The molecule has 2 aliphatic rings. The second-order valence-electron chi connectivity index (χ2n) is 12.2. The van der Waals surface area contributed by atoms with Crippen LogP contribution in [0, 0.1) is 0 Å². The van der Waals surface area contributed by atoms with E-state index >= 15 is 0 Å². The first-order valence-electron chi connectivity index (χ1n) is 16.4. The molecule has 0 aliphatic carbocycles. The Labute approximate surface area is 299 Å². The molecule has 0 saturated heterocycles. The molecule has 4 aromatic rings. The average molecular weight is 789 g/mol. The number of imide groups is 2. The van der Waals surface area contributed by atoms with Gasteiger partial charge >= 0.3 is 301 Å². The summed E-state index contributed by atoms with van der Waals surface area (Å²) in [6.45, 7) is 0. The molecule has 2 atom stereocenters. The quantitative estimate of drug-likeness (QED) is 0.138. The van der Waals surface area contributed by atoms with Gasteiger partial charge in [-0.2, -0.15) is 0 Å². The molecule has 4 amide bonds. The Balaban J connectivity index is 1.43. The van der Waals surface area contributed by atoms with Crippen LogP contribution < -0.4 is 0 Å². The van der Waals surface area contributed by atoms with Crippen LogP contribution in [0.4, 0.5) is 0 Å². The Morgan fingerprint density at radius 1 is 0.451 bits per heavy atom. The van der Waals surface area contributed by atoms with E-state index in [1.807, 2.05) is 72.8 Å². The second kappa shape index (κ2) is 15.9. The minimum atomic E-state index is -5.28. The van der Waals surface area contributed by atoms with E-state index in [4.69, 9.17) is 6.15 Å². The molecule has 11 heteroatoms. The van der Waals surface area contributed by atoms with Gasteiger partial charge in [-0.15, -0.1) is 0 Å². The molecular weight excluding hydrogens is 755 g/mol. The maximum atomic E-state index is 14.6. The van der Waals surface area contributed by atoms with Crippen LogP contribution in [0.1, 0.15) is 22.3 Å². The molecule has 0 saturated carbocycles. The maximum absolute atomic E-state index is 14.6. The molecule has 256 valence electrons. The molecule has 0 bridgehead atoms. The third kappa shape index (κ3) is 8.58. The van der Waals surface area contributed by atoms with Gasteiger partial charge in [0.05, 0.1) is 0 Å². The Bertz CT molecular complexity index is 1800. The van der Waals surface area contributed by atoms with Crippen LogP contribution in [0.2, 0.25) is 0 Å². The van der Waals surface area contributed by atoms with Crippen LogP contribution in [0.3, 0.4) is 0 Å². The molecule has 51 heavy (non-hydrogen) atoms. The zero-order chi connectivity index (χ0) is 35.8. The molecule has 2 unspecified atom stereocenters. The number of carbonyl (C=O) groups is 6. The van der Waals surface area contributed by atoms with Gasteiger partial charge in [-0.25, -0.2) is 0 Å². The molecule has 2 aliphatic heterocycles. The van der Waals surface area contributed by atoms with Crippen molar-refractivity contribution in [3.8, 4) is 0 Å². The SMILES string of the molecule is O=C([O][Sn]([CH2]c1ccccc1)([CH2]c1ccccc1)[O]C(=O)C(Cc1ccccc1)N1C(=O)C=CC1=O)C(Cc1ccccc1)N1C(=O)C=CC1=O. The fourth-order valence-corrected chi connectivity index (χ4v) is 15.3. The van der Waals surface area contributed by atoms with E-state index < -0.39 is 66.9 Å². The van der Waals surface area contributed by atoms with Gasteiger partial charge in [-0.05, 0) is 0 Å². The fraction of sp³-hybridized carbons (Fsp3) is 0.150. The van der Waals surface area contributed by atoms with E-state index in [0.29, 0.717) is 11.1 Å². The zero-order valence-electron chi connectivity index (χ0n) is 27.5. The Morgan fingerprint density at radius 2 is 0.725 bits per heavy atom. The van der Waals surface area contributed by atoms with E-state index in [1.54, 1.807) is 48.5 Å². The molecule has 2 heterocycles. The van der Waals surface area contributed by atoms with Crippen molar-refractivity contribution in [1.29, 1.82) is 0 Å².